The number of anilines is 1. The Labute approximate surface area is 187 Å². The zero-order valence-corrected chi connectivity index (χ0v) is 17.4. The summed E-state index contributed by atoms with van der Waals surface area (Å²) >= 11 is 0. The number of para-hydroxylation sites is 1. The molecule has 3 aromatic carbocycles. The van der Waals surface area contributed by atoms with Gasteiger partial charge in [-0.05, 0) is 54.1 Å². The van der Waals surface area contributed by atoms with Crippen LogP contribution in [0, 0.1) is 10.1 Å². The molecule has 0 bridgehead atoms. The molecule has 0 saturated heterocycles. The molecule has 1 heterocycles. The molecule has 9 heteroatoms. The summed E-state index contributed by atoms with van der Waals surface area (Å²) in [5.41, 5.74) is 1.57. The Hall–Kier alpha value is -4.79. The van der Waals surface area contributed by atoms with Gasteiger partial charge in [0, 0.05) is 13.1 Å². The topological polar surface area (TPSA) is 127 Å². The lowest BCUT2D eigenvalue weighted by molar-refractivity contribution is -0.383. The number of carboxylic acids is 1. The van der Waals surface area contributed by atoms with Crippen LogP contribution in [-0.4, -0.2) is 32.6 Å². The van der Waals surface area contributed by atoms with Crippen LogP contribution in [0.2, 0.25) is 0 Å². The van der Waals surface area contributed by atoms with E-state index in [0.29, 0.717) is 33.7 Å². The van der Waals surface area contributed by atoms with Crippen LogP contribution in [0.15, 0.2) is 71.5 Å². The van der Waals surface area contributed by atoms with E-state index in [9.17, 15) is 19.7 Å². The number of nitrogens with one attached hydrogen (secondary N) is 1. The molecular weight excluding hydrogens is 424 g/mol. The van der Waals surface area contributed by atoms with Gasteiger partial charge in [0.25, 0.3) is 11.2 Å². The van der Waals surface area contributed by atoms with E-state index in [2.05, 4.69) is 10.3 Å². The van der Waals surface area contributed by atoms with E-state index in [1.165, 1.54) is 34.9 Å². The fraction of sp³-hybridized carbons (Fsp3) is 0.0417. The normalized spacial score (nSPS) is 11.1. The average molecular weight is 442 g/mol. The highest BCUT2D eigenvalue weighted by Gasteiger charge is 2.14. The quantitative estimate of drug-likeness (QED) is 0.338. The van der Waals surface area contributed by atoms with E-state index in [1.54, 1.807) is 55.6 Å². The monoisotopic (exact) mass is 442 g/mol. The predicted molar refractivity (Wildman–Crippen MR) is 126 cm³/mol. The molecule has 0 amide bonds. The van der Waals surface area contributed by atoms with Crippen molar-refractivity contribution in [1.82, 2.24) is 9.55 Å². The Morgan fingerprint density at radius 1 is 1.09 bits per heavy atom. The third kappa shape index (κ3) is 4.19. The van der Waals surface area contributed by atoms with Crippen LogP contribution in [0.5, 0.6) is 0 Å². The second-order valence-corrected chi connectivity index (χ2v) is 7.10. The third-order valence-corrected chi connectivity index (χ3v) is 5.09. The SMILES string of the molecule is CNc1ccc(/C=C/c2nc3ccccc3c(=O)n2-c2ccc(C(=O)O)cc2)cc1[N+](=O)[O-]. The largest absolute Gasteiger partial charge is 0.478 e. The third-order valence-electron chi connectivity index (χ3n) is 5.09. The lowest BCUT2D eigenvalue weighted by Crippen LogP contribution is -2.22. The van der Waals surface area contributed by atoms with E-state index in [0.717, 1.165) is 0 Å². The van der Waals surface area contributed by atoms with Gasteiger partial charge < -0.3 is 10.4 Å². The van der Waals surface area contributed by atoms with Gasteiger partial charge in [-0.3, -0.25) is 19.5 Å². The number of benzene rings is 3. The Morgan fingerprint density at radius 3 is 2.48 bits per heavy atom. The van der Waals surface area contributed by atoms with Gasteiger partial charge >= 0.3 is 5.97 Å². The number of carboxylic acid groups (broad SMARTS) is 1. The van der Waals surface area contributed by atoms with Crippen molar-refractivity contribution in [1.29, 1.82) is 0 Å². The molecule has 2 N–H and O–H groups in total. The Kier molecular flexibility index (Phi) is 5.69. The van der Waals surface area contributed by atoms with Gasteiger partial charge in [0.2, 0.25) is 0 Å². The van der Waals surface area contributed by atoms with Crippen LogP contribution >= 0.6 is 0 Å². The van der Waals surface area contributed by atoms with Gasteiger partial charge in [0.05, 0.1) is 27.1 Å². The summed E-state index contributed by atoms with van der Waals surface area (Å²) in [6.07, 6.45) is 3.22. The van der Waals surface area contributed by atoms with Crippen LogP contribution < -0.4 is 10.9 Å². The zero-order chi connectivity index (χ0) is 23.5. The summed E-state index contributed by atoms with van der Waals surface area (Å²) in [4.78, 5) is 39.9. The van der Waals surface area contributed by atoms with Gasteiger partial charge in [-0.1, -0.05) is 24.3 Å². The van der Waals surface area contributed by atoms with Gasteiger partial charge in [0.15, 0.2) is 0 Å². The van der Waals surface area contributed by atoms with Crippen LogP contribution in [0.4, 0.5) is 11.4 Å². The summed E-state index contributed by atoms with van der Waals surface area (Å²) in [6, 6.07) is 17.5. The standard InChI is InChI=1S/C24H18N4O5/c1-25-20-12-6-15(14-21(20)28(32)33)7-13-22-26-19-5-3-2-4-18(19)23(29)27(22)17-10-8-16(9-11-17)24(30)31/h2-14,25H,1H3,(H,30,31)/b13-7+. The second-order valence-electron chi connectivity index (χ2n) is 7.10. The number of aromatic nitrogens is 2. The Bertz CT molecular complexity index is 1470. The highest BCUT2D eigenvalue weighted by Crippen LogP contribution is 2.26. The maximum absolute atomic E-state index is 13.3. The highest BCUT2D eigenvalue weighted by atomic mass is 16.6. The molecule has 1 aromatic heterocycles. The molecule has 0 unspecified atom stereocenters. The first-order chi connectivity index (χ1) is 15.9. The number of hydrogen-bond donors (Lipinski definition) is 2. The first-order valence-electron chi connectivity index (χ1n) is 9.89. The predicted octanol–water partition coefficient (Wildman–Crippen LogP) is 4.20. The summed E-state index contributed by atoms with van der Waals surface area (Å²) in [7, 11) is 1.60. The fourth-order valence-electron chi connectivity index (χ4n) is 3.45. The van der Waals surface area contributed by atoms with Crippen LogP contribution in [-0.2, 0) is 0 Å². The smallest absolute Gasteiger partial charge is 0.335 e. The number of rotatable bonds is 6. The molecule has 0 radical (unpaired) electrons. The summed E-state index contributed by atoms with van der Waals surface area (Å²) < 4.78 is 1.38. The van der Waals surface area contributed by atoms with Gasteiger partial charge in [-0.25, -0.2) is 9.78 Å². The molecular formula is C24H18N4O5. The van der Waals surface area contributed by atoms with Crippen molar-refractivity contribution >= 4 is 40.4 Å². The average Bonchev–Trinajstić information content (AvgIpc) is 2.82. The van der Waals surface area contributed by atoms with Crippen molar-refractivity contribution in [3.8, 4) is 5.69 Å². The van der Waals surface area contributed by atoms with E-state index in [4.69, 9.17) is 5.11 Å². The minimum Gasteiger partial charge on any atom is -0.478 e. The number of aromatic carboxylic acids is 1. The number of nitrogens with zero attached hydrogens (tertiary/aromatic N) is 3. The van der Waals surface area contributed by atoms with Crippen molar-refractivity contribution in [2.24, 2.45) is 0 Å². The molecule has 0 spiro atoms. The molecule has 0 aliphatic carbocycles. The van der Waals surface area contributed by atoms with Crippen LogP contribution in [0.3, 0.4) is 0 Å². The van der Waals surface area contributed by atoms with Gasteiger partial charge in [0.1, 0.15) is 11.5 Å². The van der Waals surface area contributed by atoms with E-state index >= 15 is 0 Å². The van der Waals surface area contributed by atoms with Crippen molar-refractivity contribution in [2.45, 2.75) is 0 Å². The molecule has 164 valence electrons. The Morgan fingerprint density at radius 2 is 1.82 bits per heavy atom. The lowest BCUT2D eigenvalue weighted by atomic mass is 10.1. The van der Waals surface area contributed by atoms with Crippen LogP contribution in [0.1, 0.15) is 21.7 Å². The maximum atomic E-state index is 13.3. The summed E-state index contributed by atoms with van der Waals surface area (Å²) in [6.45, 7) is 0. The fourth-order valence-corrected chi connectivity index (χ4v) is 3.45. The van der Waals surface area contributed by atoms with Crippen molar-refractivity contribution in [3.05, 3.63) is 104 Å². The van der Waals surface area contributed by atoms with Gasteiger partial charge in [-0.2, -0.15) is 0 Å². The van der Waals surface area contributed by atoms with E-state index in [1.807, 2.05) is 0 Å². The molecule has 33 heavy (non-hydrogen) atoms. The summed E-state index contributed by atoms with van der Waals surface area (Å²) in [5, 5.41) is 23.7. The van der Waals surface area contributed by atoms with Crippen molar-refractivity contribution < 1.29 is 14.8 Å². The number of fused-ring (bicyclic) bond motifs is 1. The Balaban J connectivity index is 1.87. The molecule has 9 nitrogen and oxygen atoms in total. The molecule has 0 fully saturated rings. The number of carbonyl (C=O) groups is 1. The van der Waals surface area contributed by atoms with E-state index < -0.39 is 10.9 Å². The first-order valence-corrected chi connectivity index (χ1v) is 9.89. The molecule has 0 saturated carbocycles. The number of nitro groups is 1. The maximum Gasteiger partial charge on any atom is 0.335 e. The molecule has 0 atom stereocenters. The minimum atomic E-state index is -1.07. The van der Waals surface area contributed by atoms with Crippen LogP contribution in [0.25, 0.3) is 28.7 Å². The number of nitro benzene ring substituents is 1. The molecule has 0 aliphatic heterocycles. The molecule has 4 aromatic rings. The minimum absolute atomic E-state index is 0.0761. The van der Waals surface area contributed by atoms with Crippen molar-refractivity contribution in [2.75, 3.05) is 12.4 Å². The zero-order valence-electron chi connectivity index (χ0n) is 17.4. The summed E-state index contributed by atoms with van der Waals surface area (Å²) in [5.74, 6) is -0.778. The van der Waals surface area contributed by atoms with Crippen molar-refractivity contribution in [3.63, 3.8) is 0 Å². The number of hydrogen-bond acceptors (Lipinski definition) is 6. The first kappa shape index (κ1) is 21.4. The lowest BCUT2D eigenvalue weighted by Gasteiger charge is -2.12. The van der Waals surface area contributed by atoms with Gasteiger partial charge in [-0.15, -0.1) is 0 Å². The molecule has 0 aliphatic rings. The van der Waals surface area contributed by atoms with E-state index in [-0.39, 0.29) is 16.8 Å². The highest BCUT2D eigenvalue weighted by molar-refractivity contribution is 5.88. The molecule has 4 rings (SSSR count). The second kappa shape index (κ2) is 8.75.